The van der Waals surface area contributed by atoms with Gasteiger partial charge in [0.1, 0.15) is 0 Å². The summed E-state index contributed by atoms with van der Waals surface area (Å²) >= 11 is 5.74. The van der Waals surface area contributed by atoms with Gasteiger partial charge in [0.15, 0.2) is 0 Å². The Morgan fingerprint density at radius 2 is 1.88 bits per heavy atom. The van der Waals surface area contributed by atoms with Crippen LogP contribution in [0.25, 0.3) is 16.9 Å². The Hall–Kier alpha value is -2.14. The number of hydrogen-bond acceptors (Lipinski definition) is 4. The average molecular weight is 246 g/mol. The molecule has 2 heterocycles. The first-order valence-corrected chi connectivity index (χ1v) is 5.33. The van der Waals surface area contributed by atoms with E-state index in [1.807, 2.05) is 18.2 Å². The number of fused-ring (bicyclic) bond motifs is 1. The van der Waals surface area contributed by atoms with Crippen molar-refractivity contribution in [1.82, 2.24) is 19.7 Å². The summed E-state index contributed by atoms with van der Waals surface area (Å²) in [6, 6.07) is 5.57. The molecule has 0 saturated heterocycles. The molecule has 3 rings (SSSR count). The smallest absolute Gasteiger partial charge is 0.251 e. The number of nitrogens with zero attached hydrogens (tertiary/aromatic N) is 4. The van der Waals surface area contributed by atoms with Crippen LogP contribution in [0.5, 0.6) is 0 Å². The van der Waals surface area contributed by atoms with Gasteiger partial charge in [-0.1, -0.05) is 11.6 Å². The van der Waals surface area contributed by atoms with E-state index in [1.165, 1.54) is 12.4 Å². The lowest BCUT2D eigenvalue weighted by molar-refractivity contribution is 0.833. The van der Waals surface area contributed by atoms with Crippen LogP contribution in [0.4, 0.5) is 5.69 Å². The molecule has 0 amide bonds. The highest BCUT2D eigenvalue weighted by molar-refractivity contribution is 6.30. The van der Waals surface area contributed by atoms with Crippen molar-refractivity contribution in [1.29, 1.82) is 0 Å². The van der Waals surface area contributed by atoms with E-state index in [2.05, 4.69) is 15.1 Å². The molecule has 0 spiro atoms. The van der Waals surface area contributed by atoms with Crippen LogP contribution < -0.4 is 5.73 Å². The van der Waals surface area contributed by atoms with Crippen LogP contribution in [-0.4, -0.2) is 19.7 Å². The molecular formula is C11H8ClN5. The largest absolute Gasteiger partial charge is 0.399 e. The fourth-order valence-corrected chi connectivity index (χ4v) is 1.71. The Kier molecular flexibility index (Phi) is 2.19. The molecule has 0 atom stereocenters. The summed E-state index contributed by atoms with van der Waals surface area (Å²) < 4.78 is 1.63. The second-order valence-electron chi connectivity index (χ2n) is 3.58. The lowest BCUT2D eigenvalue weighted by atomic mass is 10.2. The molecule has 0 bridgehead atoms. The zero-order chi connectivity index (χ0) is 11.8. The highest BCUT2D eigenvalue weighted by Gasteiger charge is 2.07. The third-order valence-electron chi connectivity index (χ3n) is 2.39. The third-order valence-corrected chi connectivity index (χ3v) is 2.59. The van der Waals surface area contributed by atoms with E-state index in [0.29, 0.717) is 16.7 Å². The van der Waals surface area contributed by atoms with Gasteiger partial charge < -0.3 is 5.73 Å². The molecule has 5 nitrogen and oxygen atoms in total. The Labute approximate surface area is 102 Å². The van der Waals surface area contributed by atoms with Gasteiger partial charge in [-0.25, -0.2) is 9.97 Å². The van der Waals surface area contributed by atoms with E-state index in [1.54, 1.807) is 10.9 Å². The minimum Gasteiger partial charge on any atom is -0.399 e. The van der Waals surface area contributed by atoms with E-state index in [9.17, 15) is 0 Å². The summed E-state index contributed by atoms with van der Waals surface area (Å²) in [5, 5.41) is 5.70. The molecule has 0 saturated carbocycles. The van der Waals surface area contributed by atoms with Gasteiger partial charge in [0.05, 0.1) is 29.1 Å². The number of nitrogens with two attached hydrogens (primary N) is 1. The number of aromatic nitrogens is 4. The van der Waals surface area contributed by atoms with Crippen molar-refractivity contribution >= 4 is 28.2 Å². The first-order valence-electron chi connectivity index (χ1n) is 4.95. The minimum absolute atomic E-state index is 0.468. The summed E-state index contributed by atoms with van der Waals surface area (Å²) in [6.07, 6.45) is 4.81. The van der Waals surface area contributed by atoms with Gasteiger partial charge in [-0.2, -0.15) is 9.78 Å². The Morgan fingerprint density at radius 1 is 1.12 bits per heavy atom. The topological polar surface area (TPSA) is 69.6 Å². The molecule has 0 unspecified atom stereocenters. The van der Waals surface area contributed by atoms with E-state index in [4.69, 9.17) is 17.3 Å². The van der Waals surface area contributed by atoms with Gasteiger partial charge in [-0.3, -0.25) is 0 Å². The molecule has 0 aliphatic rings. The number of nitrogen functional groups attached to an aromatic ring is 1. The predicted molar refractivity (Wildman–Crippen MR) is 66.1 cm³/mol. The maximum atomic E-state index is 5.75. The van der Waals surface area contributed by atoms with Gasteiger partial charge in [-0.15, -0.1) is 0 Å². The molecular weight excluding hydrogens is 238 g/mol. The molecule has 0 radical (unpaired) electrons. The van der Waals surface area contributed by atoms with Crippen molar-refractivity contribution in [2.75, 3.05) is 5.73 Å². The summed E-state index contributed by atoms with van der Waals surface area (Å²) in [5.74, 6) is 0.468. The van der Waals surface area contributed by atoms with E-state index >= 15 is 0 Å². The van der Waals surface area contributed by atoms with Gasteiger partial charge in [0.25, 0.3) is 5.95 Å². The van der Waals surface area contributed by atoms with Crippen LogP contribution in [0.2, 0.25) is 5.02 Å². The first-order chi connectivity index (χ1) is 8.24. The first kappa shape index (κ1) is 10.0. The summed E-state index contributed by atoms with van der Waals surface area (Å²) in [7, 11) is 0. The quantitative estimate of drug-likeness (QED) is 0.666. The summed E-state index contributed by atoms with van der Waals surface area (Å²) in [5.41, 5.74) is 7.29. The minimum atomic E-state index is 0.468. The van der Waals surface area contributed by atoms with Crippen LogP contribution in [0.3, 0.4) is 0 Å². The normalized spacial score (nSPS) is 10.9. The standard InChI is InChI=1S/C11H8ClN5/c12-8-5-14-11(15-6-8)17-10-3-9(13)2-1-7(10)4-16-17/h1-6H,13H2. The number of halogens is 1. The monoisotopic (exact) mass is 245 g/mol. The van der Waals surface area contributed by atoms with E-state index in [0.717, 1.165) is 10.9 Å². The number of rotatable bonds is 1. The summed E-state index contributed by atoms with van der Waals surface area (Å²) in [6.45, 7) is 0. The predicted octanol–water partition coefficient (Wildman–Crippen LogP) is 2.05. The van der Waals surface area contributed by atoms with Crippen LogP contribution >= 0.6 is 11.6 Å². The van der Waals surface area contributed by atoms with Gasteiger partial charge >= 0.3 is 0 Å². The molecule has 0 aliphatic carbocycles. The number of benzene rings is 1. The van der Waals surface area contributed by atoms with Crippen LogP contribution in [0.15, 0.2) is 36.8 Å². The van der Waals surface area contributed by atoms with Crippen molar-refractivity contribution < 1.29 is 0 Å². The second kappa shape index (κ2) is 3.71. The van der Waals surface area contributed by atoms with Crippen LogP contribution in [-0.2, 0) is 0 Å². The van der Waals surface area contributed by atoms with Crippen molar-refractivity contribution in [2.45, 2.75) is 0 Å². The molecule has 2 N–H and O–H groups in total. The highest BCUT2D eigenvalue weighted by atomic mass is 35.5. The lowest BCUT2D eigenvalue weighted by Crippen LogP contribution is -2.02. The Morgan fingerprint density at radius 3 is 2.65 bits per heavy atom. The molecule has 84 valence electrons. The second-order valence-corrected chi connectivity index (χ2v) is 4.01. The lowest BCUT2D eigenvalue weighted by Gasteiger charge is -2.01. The Bertz CT molecular complexity index is 674. The zero-order valence-electron chi connectivity index (χ0n) is 8.71. The highest BCUT2D eigenvalue weighted by Crippen LogP contribution is 2.19. The SMILES string of the molecule is Nc1ccc2cnn(-c3ncc(Cl)cn3)c2c1. The van der Waals surface area contributed by atoms with Gasteiger partial charge in [-0.05, 0) is 18.2 Å². The van der Waals surface area contributed by atoms with Crippen molar-refractivity contribution in [3.05, 3.63) is 41.8 Å². The van der Waals surface area contributed by atoms with Gasteiger partial charge in [0.2, 0.25) is 0 Å². The molecule has 3 aromatic rings. The van der Waals surface area contributed by atoms with Crippen LogP contribution in [0, 0.1) is 0 Å². The van der Waals surface area contributed by atoms with Crippen molar-refractivity contribution in [3.63, 3.8) is 0 Å². The molecule has 6 heteroatoms. The van der Waals surface area contributed by atoms with E-state index in [-0.39, 0.29) is 0 Å². The fraction of sp³-hybridized carbons (Fsp3) is 0. The molecule has 1 aromatic carbocycles. The van der Waals surface area contributed by atoms with Gasteiger partial charge in [0, 0.05) is 11.1 Å². The molecule has 0 aliphatic heterocycles. The maximum absolute atomic E-state index is 5.75. The zero-order valence-corrected chi connectivity index (χ0v) is 9.46. The summed E-state index contributed by atoms with van der Waals surface area (Å²) in [4.78, 5) is 8.23. The Balaban J connectivity index is 2.23. The van der Waals surface area contributed by atoms with Crippen molar-refractivity contribution in [2.24, 2.45) is 0 Å². The number of anilines is 1. The maximum Gasteiger partial charge on any atom is 0.251 e. The van der Waals surface area contributed by atoms with Crippen molar-refractivity contribution in [3.8, 4) is 5.95 Å². The van der Waals surface area contributed by atoms with Crippen LogP contribution in [0.1, 0.15) is 0 Å². The molecule has 0 fully saturated rings. The number of hydrogen-bond donors (Lipinski definition) is 1. The fourth-order valence-electron chi connectivity index (χ4n) is 1.61. The van der Waals surface area contributed by atoms with E-state index < -0.39 is 0 Å². The average Bonchev–Trinajstić information content (AvgIpc) is 2.73. The third kappa shape index (κ3) is 1.70. The molecule has 2 aromatic heterocycles. The molecule has 17 heavy (non-hydrogen) atoms.